The molecule has 0 radical (unpaired) electrons. The summed E-state index contributed by atoms with van der Waals surface area (Å²) in [4.78, 5) is 12.3. The number of hydrogen-bond donors (Lipinski definition) is 1. The van der Waals surface area contributed by atoms with Gasteiger partial charge in [0.2, 0.25) is 5.91 Å². The summed E-state index contributed by atoms with van der Waals surface area (Å²) in [7, 11) is 0. The van der Waals surface area contributed by atoms with Crippen molar-refractivity contribution >= 4 is 33.4 Å². The maximum absolute atomic E-state index is 12.3. The van der Waals surface area contributed by atoms with Crippen LogP contribution in [0.3, 0.4) is 0 Å². The lowest BCUT2D eigenvalue weighted by Crippen LogP contribution is -2.45. The summed E-state index contributed by atoms with van der Waals surface area (Å²) in [6, 6.07) is 0. The van der Waals surface area contributed by atoms with Gasteiger partial charge in [-0.2, -0.15) is 10.2 Å². The zero-order valence-corrected chi connectivity index (χ0v) is 14.2. The molecule has 6 nitrogen and oxygen atoms in total. The van der Waals surface area contributed by atoms with Crippen LogP contribution in [0.1, 0.15) is 20.3 Å². The first-order chi connectivity index (χ1) is 9.89. The van der Waals surface area contributed by atoms with E-state index >= 15 is 0 Å². The van der Waals surface area contributed by atoms with Crippen LogP contribution in [0, 0.1) is 0 Å². The summed E-state index contributed by atoms with van der Waals surface area (Å²) in [5.41, 5.74) is -0.735. The number of nitrogens with zero attached hydrogens (tertiary/aromatic N) is 4. The number of hydrogen-bond acceptors (Lipinski definition) is 3. The molecule has 21 heavy (non-hydrogen) atoms. The summed E-state index contributed by atoms with van der Waals surface area (Å²) in [6.07, 6.45) is 7.58. The van der Waals surface area contributed by atoms with E-state index < -0.39 is 5.54 Å². The van der Waals surface area contributed by atoms with E-state index in [1.54, 1.807) is 34.2 Å². The van der Waals surface area contributed by atoms with E-state index in [4.69, 9.17) is 11.6 Å². The molecule has 0 saturated carbocycles. The molecule has 0 atom stereocenters. The zero-order valence-electron chi connectivity index (χ0n) is 11.9. The molecule has 0 aliphatic rings. The quantitative estimate of drug-likeness (QED) is 0.790. The normalized spacial score (nSPS) is 11.6. The minimum Gasteiger partial charge on any atom is -0.354 e. The third kappa shape index (κ3) is 4.07. The Hall–Kier alpha value is -1.34. The molecular weight excluding hydrogens is 358 g/mol. The Bertz CT molecular complexity index is 622. The van der Waals surface area contributed by atoms with Crippen molar-refractivity contribution in [3.63, 3.8) is 0 Å². The summed E-state index contributed by atoms with van der Waals surface area (Å²) in [5, 5.41) is 11.8. The van der Waals surface area contributed by atoms with Gasteiger partial charge in [0, 0.05) is 25.5 Å². The molecule has 1 N–H and O–H groups in total. The predicted octanol–water partition coefficient (Wildman–Crippen LogP) is 2.44. The van der Waals surface area contributed by atoms with Crippen LogP contribution in [0.25, 0.3) is 0 Å². The Balaban J connectivity index is 1.81. The lowest BCUT2D eigenvalue weighted by molar-refractivity contribution is -0.128. The van der Waals surface area contributed by atoms with Crippen LogP contribution >= 0.6 is 27.5 Å². The fraction of sp³-hybridized carbons (Fsp3) is 0.462. The zero-order chi connectivity index (χ0) is 15.5. The van der Waals surface area contributed by atoms with E-state index in [1.165, 1.54) is 0 Å². The number of halogens is 2. The van der Waals surface area contributed by atoms with Gasteiger partial charge in [-0.05, 0) is 36.2 Å². The number of aryl methyl sites for hydroxylation is 1. The lowest BCUT2D eigenvalue weighted by Gasteiger charge is -2.24. The van der Waals surface area contributed by atoms with Gasteiger partial charge in [-0.15, -0.1) is 0 Å². The number of rotatable bonds is 6. The molecule has 0 aromatic carbocycles. The van der Waals surface area contributed by atoms with Gasteiger partial charge >= 0.3 is 0 Å². The Morgan fingerprint density at radius 2 is 2.14 bits per heavy atom. The fourth-order valence-electron chi connectivity index (χ4n) is 1.83. The first kappa shape index (κ1) is 16.0. The van der Waals surface area contributed by atoms with Crippen LogP contribution in [0.2, 0.25) is 5.02 Å². The largest absolute Gasteiger partial charge is 0.354 e. The SMILES string of the molecule is CC(C)(C(=O)NCCCn1cc(Cl)cn1)n1cc(Br)cn1. The number of carbonyl (C=O) groups is 1. The topological polar surface area (TPSA) is 64.7 Å². The first-order valence-electron chi connectivity index (χ1n) is 6.56. The smallest absolute Gasteiger partial charge is 0.247 e. The van der Waals surface area contributed by atoms with Crippen molar-refractivity contribution in [2.75, 3.05) is 6.54 Å². The number of carbonyl (C=O) groups excluding carboxylic acids is 1. The Labute approximate surface area is 136 Å². The van der Waals surface area contributed by atoms with Crippen LogP contribution in [-0.2, 0) is 16.9 Å². The molecule has 0 fully saturated rings. The van der Waals surface area contributed by atoms with Crippen LogP contribution in [0.15, 0.2) is 29.3 Å². The molecule has 2 rings (SSSR count). The van der Waals surface area contributed by atoms with Gasteiger partial charge in [-0.25, -0.2) is 0 Å². The highest BCUT2D eigenvalue weighted by molar-refractivity contribution is 9.10. The summed E-state index contributed by atoms with van der Waals surface area (Å²) >= 11 is 9.12. The van der Waals surface area contributed by atoms with E-state index in [2.05, 4.69) is 31.4 Å². The Kier molecular flexibility index (Phi) is 5.05. The van der Waals surface area contributed by atoms with Gasteiger partial charge in [0.1, 0.15) is 5.54 Å². The molecule has 2 aromatic heterocycles. The van der Waals surface area contributed by atoms with E-state index in [0.29, 0.717) is 18.1 Å². The molecule has 8 heteroatoms. The molecule has 1 amide bonds. The van der Waals surface area contributed by atoms with Crippen LogP contribution in [0.4, 0.5) is 0 Å². The first-order valence-corrected chi connectivity index (χ1v) is 7.73. The van der Waals surface area contributed by atoms with Gasteiger partial charge in [-0.3, -0.25) is 14.2 Å². The predicted molar refractivity (Wildman–Crippen MR) is 84.1 cm³/mol. The Morgan fingerprint density at radius 3 is 2.71 bits per heavy atom. The molecule has 2 heterocycles. The maximum Gasteiger partial charge on any atom is 0.247 e. The number of nitrogens with one attached hydrogen (secondary N) is 1. The average Bonchev–Trinajstić information content (AvgIpc) is 3.03. The standard InChI is InChI=1S/C13H17BrClN5O/c1-13(2,20-8-10(14)6-18-20)12(21)16-4-3-5-19-9-11(15)7-17-19/h6-9H,3-5H2,1-2H3,(H,16,21). The molecule has 0 aliphatic heterocycles. The van der Waals surface area contributed by atoms with Crippen LogP contribution in [0.5, 0.6) is 0 Å². The van der Waals surface area contributed by atoms with Gasteiger partial charge in [0.15, 0.2) is 0 Å². The molecular formula is C13H17BrClN5O. The van der Waals surface area contributed by atoms with Crippen LogP contribution < -0.4 is 5.32 Å². The van der Waals surface area contributed by atoms with Crippen molar-refractivity contribution in [2.45, 2.75) is 32.4 Å². The van der Waals surface area contributed by atoms with Crippen molar-refractivity contribution in [2.24, 2.45) is 0 Å². The van der Waals surface area contributed by atoms with Gasteiger partial charge in [0.25, 0.3) is 0 Å². The average molecular weight is 375 g/mol. The lowest BCUT2D eigenvalue weighted by atomic mass is 10.1. The van der Waals surface area contributed by atoms with Gasteiger partial charge in [-0.1, -0.05) is 11.6 Å². The third-order valence-electron chi connectivity index (χ3n) is 3.13. The van der Waals surface area contributed by atoms with Crippen molar-refractivity contribution in [1.29, 1.82) is 0 Å². The van der Waals surface area contributed by atoms with Gasteiger partial charge in [0.05, 0.1) is 21.9 Å². The third-order valence-corrected chi connectivity index (χ3v) is 3.74. The van der Waals surface area contributed by atoms with Crippen LogP contribution in [-0.4, -0.2) is 32.0 Å². The number of aromatic nitrogens is 4. The second-order valence-corrected chi connectivity index (χ2v) is 6.55. The van der Waals surface area contributed by atoms with Crippen molar-refractivity contribution in [3.05, 3.63) is 34.3 Å². The highest BCUT2D eigenvalue weighted by Crippen LogP contribution is 2.17. The van der Waals surface area contributed by atoms with Crippen molar-refractivity contribution in [1.82, 2.24) is 24.9 Å². The van der Waals surface area contributed by atoms with E-state index in [-0.39, 0.29) is 5.91 Å². The molecule has 0 unspecified atom stereocenters. The molecule has 2 aromatic rings. The summed E-state index contributed by atoms with van der Waals surface area (Å²) in [6.45, 7) is 4.94. The molecule has 0 saturated heterocycles. The molecule has 0 spiro atoms. The second-order valence-electron chi connectivity index (χ2n) is 5.19. The van der Waals surface area contributed by atoms with E-state index in [0.717, 1.165) is 10.9 Å². The maximum atomic E-state index is 12.3. The Morgan fingerprint density at radius 1 is 1.38 bits per heavy atom. The summed E-state index contributed by atoms with van der Waals surface area (Å²) < 4.78 is 4.24. The molecule has 0 aliphatic carbocycles. The molecule has 114 valence electrons. The molecule has 0 bridgehead atoms. The van der Waals surface area contributed by atoms with Gasteiger partial charge < -0.3 is 5.32 Å². The van der Waals surface area contributed by atoms with E-state index in [9.17, 15) is 4.79 Å². The van der Waals surface area contributed by atoms with E-state index in [1.807, 2.05) is 13.8 Å². The van der Waals surface area contributed by atoms with Crippen molar-refractivity contribution in [3.8, 4) is 0 Å². The minimum absolute atomic E-state index is 0.0726. The summed E-state index contributed by atoms with van der Waals surface area (Å²) in [5.74, 6) is -0.0726. The highest BCUT2D eigenvalue weighted by atomic mass is 79.9. The minimum atomic E-state index is -0.735. The highest BCUT2D eigenvalue weighted by Gasteiger charge is 2.30. The fourth-order valence-corrected chi connectivity index (χ4v) is 2.27. The van der Waals surface area contributed by atoms with Crippen molar-refractivity contribution < 1.29 is 4.79 Å². The second kappa shape index (κ2) is 6.62. The number of amides is 1. The monoisotopic (exact) mass is 373 g/mol.